The lowest BCUT2D eigenvalue weighted by Gasteiger charge is -2.23. The number of rotatable bonds is 28. The second-order valence-corrected chi connectivity index (χ2v) is 29.3. The van der Waals surface area contributed by atoms with E-state index in [4.69, 9.17) is 68.3 Å². The molecule has 0 bridgehead atoms. The van der Waals surface area contributed by atoms with E-state index in [-0.39, 0.29) is 51.2 Å². The maximum Gasteiger partial charge on any atom is 0.410 e. The molecular formula is C76H115N4O18P2S+. The Kier molecular flexibility index (Phi) is 44.5. The Morgan fingerprint density at radius 3 is 1.06 bits per heavy atom. The summed E-state index contributed by atoms with van der Waals surface area (Å²) in [6.45, 7) is 26.7. The van der Waals surface area contributed by atoms with Gasteiger partial charge in [0.25, 0.3) is 0 Å². The molecule has 25 heteroatoms. The second kappa shape index (κ2) is 51.1. The maximum atomic E-state index is 12.0. The van der Waals surface area contributed by atoms with Crippen LogP contribution in [-0.4, -0.2) is 187 Å². The second-order valence-electron chi connectivity index (χ2n) is 26.5. The number of hydrogen-bond acceptors (Lipinski definition) is 19. The first kappa shape index (κ1) is 88.0. The highest BCUT2D eigenvalue weighted by atomic mass is 32.6. The van der Waals surface area contributed by atoms with E-state index in [9.17, 15) is 19.2 Å². The van der Waals surface area contributed by atoms with Crippen LogP contribution in [0, 0.1) is 0 Å². The number of benzene rings is 4. The van der Waals surface area contributed by atoms with Crippen molar-refractivity contribution in [2.24, 2.45) is 0 Å². The van der Waals surface area contributed by atoms with Gasteiger partial charge in [0.1, 0.15) is 71.8 Å². The van der Waals surface area contributed by atoms with Crippen LogP contribution in [0.4, 0.5) is 19.2 Å². The number of nitrogens with zero attached hydrogens (tertiary/aromatic N) is 2. The number of ether oxygens (including phenoxy) is 12. The summed E-state index contributed by atoms with van der Waals surface area (Å²) in [6.07, 6.45) is 19.7. The highest BCUT2D eigenvalue weighted by Crippen LogP contribution is 2.24. The number of aliphatic hydroxyl groups is 2. The Morgan fingerprint density at radius 2 is 0.782 bits per heavy atom. The molecule has 0 saturated carbocycles. The number of carbonyl (C=O) groups is 4. The fourth-order valence-electron chi connectivity index (χ4n) is 8.45. The van der Waals surface area contributed by atoms with E-state index >= 15 is 0 Å². The molecule has 0 radical (unpaired) electrons. The molecule has 4 amide bonds. The number of hydrogen-bond donors (Lipinski definition) is 4. The maximum absolute atomic E-state index is 12.0. The fraction of sp³-hybridized carbons (Fsp3) is 0.526. The molecule has 0 aliphatic carbocycles. The first-order chi connectivity index (χ1) is 48.3. The van der Waals surface area contributed by atoms with Gasteiger partial charge in [-0.1, -0.05) is 121 Å². The summed E-state index contributed by atoms with van der Waals surface area (Å²) in [5.74, 6) is 2.96. The molecule has 2 saturated heterocycles. The number of alkyl carbamates (subject to hydrolysis) is 2. The number of amides is 4. The van der Waals surface area contributed by atoms with E-state index < -0.39 is 41.6 Å². The molecule has 4 atom stereocenters. The van der Waals surface area contributed by atoms with Crippen molar-refractivity contribution in [3.8, 4) is 23.0 Å². The molecule has 6 rings (SSSR count). The number of likely N-dealkylation sites (N-methyl/N-ethyl adjacent to an activating group) is 2. The van der Waals surface area contributed by atoms with Crippen molar-refractivity contribution < 1.29 is 86.2 Å². The van der Waals surface area contributed by atoms with Crippen molar-refractivity contribution in [1.29, 1.82) is 1.28 Å². The van der Waals surface area contributed by atoms with Crippen molar-refractivity contribution >= 4 is 76.4 Å². The van der Waals surface area contributed by atoms with Gasteiger partial charge in [0.05, 0.1) is 35.4 Å². The predicted molar refractivity (Wildman–Crippen MR) is 409 cm³/mol. The average Bonchev–Trinajstić information content (AvgIpc) is 0.899. The van der Waals surface area contributed by atoms with Crippen molar-refractivity contribution in [3.63, 3.8) is 0 Å². The van der Waals surface area contributed by atoms with Gasteiger partial charge in [0, 0.05) is 75.7 Å². The summed E-state index contributed by atoms with van der Waals surface area (Å²) in [4.78, 5) is 49.9. The molecule has 0 aromatic heterocycles. The number of aliphatic hydroxyl groups excluding tert-OH is 2. The van der Waals surface area contributed by atoms with Gasteiger partial charge in [-0.2, -0.15) is 0 Å². The minimum atomic E-state index is -0.870. The van der Waals surface area contributed by atoms with Crippen LogP contribution in [0.25, 0.3) is 24.3 Å². The van der Waals surface area contributed by atoms with Crippen LogP contribution >= 0.6 is 15.9 Å². The molecule has 2 aliphatic heterocycles. The highest BCUT2D eigenvalue weighted by Gasteiger charge is 2.22. The number of carbonyl (C=O) groups excluding carboxylic acids is 4. The van der Waals surface area contributed by atoms with Crippen LogP contribution in [-0.2, 0) is 49.7 Å². The summed E-state index contributed by atoms with van der Waals surface area (Å²) in [5.41, 5.74) is 1.68. The van der Waals surface area contributed by atoms with Gasteiger partial charge in [0.2, 0.25) is 0 Å². The first-order valence-corrected chi connectivity index (χ1v) is 37.5. The molecule has 2 fully saturated rings. The highest BCUT2D eigenvalue weighted by molar-refractivity contribution is 8.24. The lowest BCUT2D eigenvalue weighted by atomic mass is 10.2. The van der Waals surface area contributed by atoms with E-state index in [1.165, 1.54) is 9.80 Å². The summed E-state index contributed by atoms with van der Waals surface area (Å²) in [6, 6.07) is 30.6. The van der Waals surface area contributed by atoms with Crippen LogP contribution in [0.5, 0.6) is 23.0 Å². The Balaban J connectivity index is 0.000000457. The van der Waals surface area contributed by atoms with E-state index in [0.717, 1.165) is 85.5 Å². The Labute approximate surface area is 611 Å². The quantitative estimate of drug-likeness (QED) is 0.0234. The van der Waals surface area contributed by atoms with Gasteiger partial charge < -0.3 is 87.5 Å². The van der Waals surface area contributed by atoms with Crippen molar-refractivity contribution in [1.82, 2.24) is 20.4 Å². The number of para-hydroxylation sites is 4. The summed E-state index contributed by atoms with van der Waals surface area (Å²) in [7, 11) is 5.60. The van der Waals surface area contributed by atoms with Gasteiger partial charge in [-0.3, -0.25) is 0 Å². The fourth-order valence-corrected chi connectivity index (χ4v) is 8.45. The van der Waals surface area contributed by atoms with E-state index in [2.05, 4.69) is 31.4 Å². The van der Waals surface area contributed by atoms with Crippen LogP contribution in [0.3, 0.4) is 0 Å². The van der Waals surface area contributed by atoms with Gasteiger partial charge in [-0.05, 0) is 146 Å². The van der Waals surface area contributed by atoms with Gasteiger partial charge in [-0.15, -0.1) is 0 Å². The molecule has 0 spiro atoms. The Morgan fingerprint density at radius 1 is 0.495 bits per heavy atom. The predicted octanol–water partition coefficient (Wildman–Crippen LogP) is 15.1. The average molecular weight is 1470 g/mol. The third-order valence-corrected chi connectivity index (χ3v) is 12.8. The van der Waals surface area contributed by atoms with Crippen molar-refractivity contribution in [2.45, 2.75) is 157 Å². The van der Waals surface area contributed by atoms with Crippen LogP contribution in [0.15, 0.2) is 121 Å². The molecule has 4 aromatic carbocycles. The third kappa shape index (κ3) is 46.1. The van der Waals surface area contributed by atoms with Gasteiger partial charge in [0.15, 0.2) is 31.4 Å². The molecule has 101 heavy (non-hydrogen) atoms. The van der Waals surface area contributed by atoms with Gasteiger partial charge in [-0.25, -0.2) is 19.2 Å². The summed E-state index contributed by atoms with van der Waals surface area (Å²) < 4.78 is 72.4. The molecule has 4 aromatic rings. The standard InChI is InChI=1S/C22H33NO5.C21H31NO5.C17H25NO4.C16H23NO4.H2P2S/c1-22(2,3)28-21(24)23(4)14-9-11-18-10-5-6-12-19(18)25-16-17-27-20-13-7-8-15-26-20;1-21(2,3)27-20(23)22-13-8-10-17-9-4-5-11-18(17)24-15-16-26-19-12-6-7-14-25-19;1-17(2,3)22-16(20)18(4)11-7-9-14-8-5-6-10-15(14)21-13-12-19;1-16(2,3)21-15(19)17-10-6-8-13-7-4-5-9-14(13)20-12-11-18;1-2-3/h5-6,9-12,20H,7-8,13-17H2,1-4H3;4-5,8-11,19H,6-7,12-16H2,1-3H3,(H,22,23);5-10,19H,11-13H2,1-4H3;4-9,18H,10-12H2,1-3H3,(H,17,19);1H2/p+1/b11-9+;10-8+;9-7+;8-6+;/i/hT. The largest absolute Gasteiger partial charge is 0.491 e. The topological polar surface area (TPSA) is 250 Å². The smallest absolute Gasteiger partial charge is 0.410 e. The molecule has 2 heterocycles. The Hall–Kier alpha value is -7.17. The van der Waals surface area contributed by atoms with Crippen molar-refractivity contribution in [2.75, 3.05) is 106 Å². The van der Waals surface area contributed by atoms with Gasteiger partial charge >= 0.3 is 25.7 Å². The summed E-state index contributed by atoms with van der Waals surface area (Å²) in [5, 5.41) is 22.9. The van der Waals surface area contributed by atoms with E-state index in [0.29, 0.717) is 64.1 Å². The molecule has 2 aliphatic rings. The summed E-state index contributed by atoms with van der Waals surface area (Å²) >= 11 is 4.31. The van der Waals surface area contributed by atoms with Crippen molar-refractivity contribution in [3.05, 3.63) is 144 Å². The first-order valence-electron chi connectivity index (χ1n) is 34.5. The molecule has 4 unspecified atom stereocenters. The lowest BCUT2D eigenvalue weighted by molar-refractivity contribution is -0.165. The monoisotopic (exact) mass is 1470 g/mol. The molecule has 4 N–H and O–H groups in total. The zero-order chi connectivity index (χ0) is 75.8. The number of nitrogens with one attached hydrogen (secondary N) is 2. The SMILES string of the molecule is CC(C)(C)OC(=O)NC/C=C/c1ccccc1OCCO.CC(C)(C)OC(=O)NC/C=C/c1ccccc1OCCOC1CCCCO1.CN(C/C=C/c1ccccc1OCCO)C(=O)OC(C)(C)C.CN(C/C=C/c1ccccc1OCCOC1CCCCO1)C(=O)OC(C)(C)C.[3H][P+](P)=S. The molecule has 562 valence electrons. The van der Waals surface area contributed by atoms with Crippen LogP contribution in [0.2, 0.25) is 0 Å². The lowest BCUT2D eigenvalue weighted by Crippen LogP contribution is -2.34. The zero-order valence-corrected chi connectivity index (χ0v) is 64.8. The van der Waals surface area contributed by atoms with Crippen LogP contribution < -0.4 is 29.6 Å². The zero-order valence-electron chi connectivity index (χ0n) is 62.9. The van der Waals surface area contributed by atoms with Crippen LogP contribution in [0.1, 0.15) is 144 Å². The minimum absolute atomic E-state index is 0.0283. The Bertz CT molecular complexity index is 3150. The normalized spacial score (nSPS) is 14.9. The third-order valence-electron chi connectivity index (χ3n) is 12.8. The molecule has 22 nitrogen and oxygen atoms in total. The molecular weight excluding hydrogens is 1350 g/mol. The minimum Gasteiger partial charge on any atom is -0.491 e. The van der Waals surface area contributed by atoms with E-state index in [1.54, 1.807) is 14.1 Å². The van der Waals surface area contributed by atoms with E-state index in [1.807, 2.05) is 229 Å².